The van der Waals surface area contributed by atoms with Gasteiger partial charge in [-0.25, -0.2) is 0 Å². The normalized spacial score (nSPS) is 18.3. The first kappa shape index (κ1) is 22.8. The fourth-order valence-corrected chi connectivity index (χ4v) is 5.01. The largest absolute Gasteiger partial charge is 0.493 e. The van der Waals surface area contributed by atoms with Gasteiger partial charge >= 0.3 is 5.97 Å². The summed E-state index contributed by atoms with van der Waals surface area (Å²) in [5, 5.41) is 12.2. The summed E-state index contributed by atoms with van der Waals surface area (Å²) in [7, 11) is 1.59. The maximum absolute atomic E-state index is 11.3. The van der Waals surface area contributed by atoms with Gasteiger partial charge in [-0.3, -0.25) is 10.1 Å². The van der Waals surface area contributed by atoms with Crippen molar-refractivity contribution in [3.05, 3.63) is 51.0 Å². The van der Waals surface area contributed by atoms with E-state index >= 15 is 0 Å². The lowest BCUT2D eigenvalue weighted by Gasteiger charge is -2.20. The van der Waals surface area contributed by atoms with E-state index in [1.54, 1.807) is 7.11 Å². The second-order valence-corrected chi connectivity index (χ2v) is 9.20. The van der Waals surface area contributed by atoms with E-state index in [-0.39, 0.29) is 5.37 Å². The monoisotopic (exact) mass is 495 g/mol. The van der Waals surface area contributed by atoms with Crippen molar-refractivity contribution in [3.63, 3.8) is 0 Å². The fraction of sp³-hybridized carbons (Fsp3) is 0.409. The van der Waals surface area contributed by atoms with E-state index in [9.17, 15) is 9.90 Å². The van der Waals surface area contributed by atoms with Crippen LogP contribution in [-0.2, 0) is 4.79 Å². The molecule has 2 unspecified atom stereocenters. The summed E-state index contributed by atoms with van der Waals surface area (Å²) in [6.07, 6.45) is 0. The lowest BCUT2D eigenvalue weighted by Crippen LogP contribution is -2.33. The van der Waals surface area contributed by atoms with E-state index in [2.05, 4.69) is 47.2 Å². The average molecular weight is 496 g/mol. The Morgan fingerprint density at radius 2 is 1.83 bits per heavy atom. The van der Waals surface area contributed by atoms with Crippen LogP contribution in [0, 0.1) is 20.8 Å². The highest BCUT2D eigenvalue weighted by Gasteiger charge is 2.33. The Morgan fingerprint density at radius 3 is 2.47 bits per heavy atom. The maximum atomic E-state index is 11.3. The van der Waals surface area contributed by atoms with Crippen LogP contribution in [0.2, 0.25) is 0 Å². The SMILES string of the molecule is COc1cc(Br)cc(C2NC(C(=O)O)CS2)c1OCCOc1c(C)ccc(C)c1C. The Bertz CT molecular complexity index is 936. The quantitative estimate of drug-likeness (QED) is 0.516. The number of rotatable bonds is 8. The van der Waals surface area contributed by atoms with Gasteiger partial charge in [0.25, 0.3) is 0 Å². The molecule has 1 heterocycles. The van der Waals surface area contributed by atoms with Gasteiger partial charge in [0, 0.05) is 15.8 Å². The third kappa shape index (κ3) is 5.04. The molecule has 162 valence electrons. The summed E-state index contributed by atoms with van der Waals surface area (Å²) in [5.41, 5.74) is 4.25. The van der Waals surface area contributed by atoms with E-state index in [4.69, 9.17) is 14.2 Å². The number of aryl methyl sites for hydroxylation is 2. The number of carbonyl (C=O) groups is 1. The minimum Gasteiger partial charge on any atom is -0.493 e. The molecule has 0 radical (unpaired) electrons. The molecule has 1 aliphatic rings. The van der Waals surface area contributed by atoms with E-state index in [0.717, 1.165) is 26.9 Å². The van der Waals surface area contributed by atoms with E-state index in [0.29, 0.717) is 30.5 Å². The third-order valence-electron chi connectivity index (χ3n) is 5.08. The number of carboxylic acids is 1. The predicted molar refractivity (Wildman–Crippen MR) is 122 cm³/mol. The van der Waals surface area contributed by atoms with Crippen LogP contribution in [0.15, 0.2) is 28.7 Å². The molecule has 2 aromatic carbocycles. The number of halogens is 1. The number of hydrogen-bond acceptors (Lipinski definition) is 6. The molecule has 2 atom stereocenters. The zero-order chi connectivity index (χ0) is 21.8. The number of methoxy groups -OCH3 is 1. The number of aliphatic carboxylic acids is 1. The molecule has 2 aromatic rings. The first-order valence-electron chi connectivity index (χ1n) is 9.62. The molecule has 1 saturated heterocycles. The highest BCUT2D eigenvalue weighted by molar-refractivity contribution is 9.10. The second-order valence-electron chi connectivity index (χ2n) is 7.15. The van der Waals surface area contributed by atoms with Gasteiger partial charge in [0.05, 0.1) is 12.5 Å². The highest BCUT2D eigenvalue weighted by atomic mass is 79.9. The lowest BCUT2D eigenvalue weighted by atomic mass is 10.1. The van der Waals surface area contributed by atoms with E-state index in [1.165, 1.54) is 17.3 Å². The fourth-order valence-electron chi connectivity index (χ4n) is 3.32. The highest BCUT2D eigenvalue weighted by Crippen LogP contribution is 2.44. The third-order valence-corrected chi connectivity index (χ3v) is 6.79. The predicted octanol–water partition coefficient (Wildman–Crippen LogP) is 4.63. The van der Waals surface area contributed by atoms with Crippen molar-refractivity contribution in [2.45, 2.75) is 32.2 Å². The molecule has 1 aliphatic heterocycles. The number of nitrogens with one attached hydrogen (secondary N) is 1. The summed E-state index contributed by atoms with van der Waals surface area (Å²) in [6.45, 7) is 6.86. The molecule has 0 bridgehead atoms. The van der Waals surface area contributed by atoms with Crippen LogP contribution in [0.25, 0.3) is 0 Å². The van der Waals surface area contributed by atoms with Gasteiger partial charge in [-0.15, -0.1) is 11.8 Å². The second kappa shape index (κ2) is 9.94. The van der Waals surface area contributed by atoms with Gasteiger partial charge < -0.3 is 19.3 Å². The standard InChI is InChI=1S/C22H26BrNO5S/c1-12-5-6-13(2)19(14(12)3)28-7-8-29-20-16(9-15(23)10-18(20)27-4)21-24-17(11-30-21)22(25)26/h5-6,9-10,17,21,24H,7-8,11H2,1-4H3,(H,25,26). The number of ether oxygens (including phenoxy) is 3. The van der Waals surface area contributed by atoms with Crippen LogP contribution in [0.5, 0.6) is 17.2 Å². The minimum atomic E-state index is -0.855. The Kier molecular flexibility index (Phi) is 7.55. The molecule has 6 nitrogen and oxygen atoms in total. The molecule has 3 rings (SSSR count). The maximum Gasteiger partial charge on any atom is 0.321 e. The van der Waals surface area contributed by atoms with Gasteiger partial charge in [0.15, 0.2) is 11.5 Å². The molecule has 2 N–H and O–H groups in total. The van der Waals surface area contributed by atoms with Crippen LogP contribution in [0.1, 0.15) is 27.6 Å². The van der Waals surface area contributed by atoms with Gasteiger partial charge in [0.1, 0.15) is 25.0 Å². The van der Waals surface area contributed by atoms with Crippen LogP contribution in [0.4, 0.5) is 0 Å². The molecule has 1 fully saturated rings. The summed E-state index contributed by atoms with van der Waals surface area (Å²) in [6, 6.07) is 7.32. The van der Waals surface area contributed by atoms with E-state index in [1.807, 2.05) is 19.1 Å². The van der Waals surface area contributed by atoms with Crippen molar-refractivity contribution < 1.29 is 24.1 Å². The number of benzene rings is 2. The summed E-state index contributed by atoms with van der Waals surface area (Å²) in [4.78, 5) is 11.3. The zero-order valence-electron chi connectivity index (χ0n) is 17.5. The van der Waals surface area contributed by atoms with E-state index < -0.39 is 12.0 Å². The van der Waals surface area contributed by atoms with Crippen LogP contribution >= 0.6 is 27.7 Å². The molecule has 8 heteroatoms. The molecular formula is C22H26BrNO5S. The van der Waals surface area contributed by atoms with Crippen LogP contribution in [-0.4, -0.2) is 43.2 Å². The summed E-state index contributed by atoms with van der Waals surface area (Å²) in [5.74, 6) is 1.70. The van der Waals surface area contributed by atoms with Crippen molar-refractivity contribution >= 4 is 33.7 Å². The van der Waals surface area contributed by atoms with Crippen molar-refractivity contribution in [1.82, 2.24) is 5.32 Å². The molecule has 0 amide bonds. The van der Waals surface area contributed by atoms with Gasteiger partial charge in [-0.05, 0) is 49.6 Å². The minimum absolute atomic E-state index is 0.199. The average Bonchev–Trinajstić information content (AvgIpc) is 3.21. The van der Waals surface area contributed by atoms with Crippen molar-refractivity contribution in [1.29, 1.82) is 0 Å². The Balaban J connectivity index is 1.74. The molecule has 0 spiro atoms. The molecule has 0 aromatic heterocycles. The molecule has 30 heavy (non-hydrogen) atoms. The van der Waals surface area contributed by atoms with Gasteiger partial charge in [-0.1, -0.05) is 28.1 Å². The lowest BCUT2D eigenvalue weighted by molar-refractivity contribution is -0.138. The summed E-state index contributed by atoms with van der Waals surface area (Å²) >= 11 is 5.04. The molecule has 0 saturated carbocycles. The van der Waals surface area contributed by atoms with Gasteiger partial charge in [-0.2, -0.15) is 0 Å². The van der Waals surface area contributed by atoms with Gasteiger partial charge in [0.2, 0.25) is 0 Å². The van der Waals surface area contributed by atoms with Crippen LogP contribution in [0.3, 0.4) is 0 Å². The summed E-state index contributed by atoms with van der Waals surface area (Å²) < 4.78 is 18.4. The number of carboxylic acid groups (broad SMARTS) is 1. The Morgan fingerprint density at radius 1 is 1.17 bits per heavy atom. The first-order valence-corrected chi connectivity index (χ1v) is 11.5. The smallest absolute Gasteiger partial charge is 0.321 e. The first-order chi connectivity index (χ1) is 14.3. The number of thioether (sulfide) groups is 1. The zero-order valence-corrected chi connectivity index (χ0v) is 19.9. The van der Waals surface area contributed by atoms with Crippen molar-refractivity contribution in [3.8, 4) is 17.2 Å². The van der Waals surface area contributed by atoms with Crippen molar-refractivity contribution in [2.24, 2.45) is 0 Å². The molecular weight excluding hydrogens is 470 g/mol. The molecule has 0 aliphatic carbocycles. The number of hydrogen-bond donors (Lipinski definition) is 2. The van der Waals surface area contributed by atoms with Crippen LogP contribution < -0.4 is 19.5 Å². The Hall–Kier alpha value is -1.90. The topological polar surface area (TPSA) is 77.0 Å². The van der Waals surface area contributed by atoms with Crippen molar-refractivity contribution in [2.75, 3.05) is 26.1 Å². The Labute approximate surface area is 189 Å².